The third-order valence-electron chi connectivity index (χ3n) is 3.62. The van der Waals surface area contributed by atoms with Crippen LogP contribution in [0.1, 0.15) is 5.56 Å². The summed E-state index contributed by atoms with van der Waals surface area (Å²) in [4.78, 5) is 1.35. The lowest BCUT2D eigenvalue weighted by Gasteiger charge is -2.10. The molecule has 0 radical (unpaired) electrons. The highest BCUT2D eigenvalue weighted by Crippen LogP contribution is 2.38. The lowest BCUT2D eigenvalue weighted by molar-refractivity contribution is 0.886. The normalized spacial score (nSPS) is 13.4. The minimum Gasteiger partial charge on any atom is -0.233 e. The van der Waals surface area contributed by atoms with Gasteiger partial charge in [-0.1, -0.05) is 36.4 Å². The van der Waals surface area contributed by atoms with Gasteiger partial charge < -0.3 is 0 Å². The summed E-state index contributed by atoms with van der Waals surface area (Å²) in [5, 5.41) is 4.62. The number of hydrogen-bond donors (Lipinski definition) is 0. The monoisotopic (exact) mass is 278 g/mol. The van der Waals surface area contributed by atoms with Crippen LogP contribution in [-0.4, -0.2) is 15.5 Å². The van der Waals surface area contributed by atoms with Crippen LogP contribution in [-0.2, 0) is 6.42 Å². The largest absolute Gasteiger partial charge is 0.233 e. The second-order valence-corrected chi connectivity index (χ2v) is 6.00. The summed E-state index contributed by atoms with van der Waals surface area (Å²) in [6.07, 6.45) is 3.09. The van der Waals surface area contributed by atoms with Gasteiger partial charge in [-0.3, -0.25) is 0 Å². The molecule has 0 atom stereocenters. The summed E-state index contributed by atoms with van der Waals surface area (Å²) in [5.41, 5.74) is 5.00. The van der Waals surface area contributed by atoms with Crippen LogP contribution >= 0.6 is 11.8 Å². The Balaban J connectivity index is 1.98. The first-order valence-corrected chi connectivity index (χ1v) is 7.76. The van der Waals surface area contributed by atoms with E-state index >= 15 is 0 Å². The number of para-hydroxylation sites is 1. The second-order valence-electron chi connectivity index (χ2n) is 4.86. The molecule has 1 aromatic heterocycles. The van der Waals surface area contributed by atoms with E-state index in [4.69, 9.17) is 0 Å². The average molecular weight is 278 g/mol. The van der Waals surface area contributed by atoms with Crippen molar-refractivity contribution in [3.63, 3.8) is 0 Å². The first kappa shape index (κ1) is 11.8. The molecule has 0 saturated heterocycles. The fraction of sp³-hybridized carbons (Fsp3) is 0.118. The van der Waals surface area contributed by atoms with Gasteiger partial charge in [-0.15, -0.1) is 11.8 Å². The Morgan fingerprint density at radius 3 is 2.65 bits per heavy atom. The number of hydrogen-bond acceptors (Lipinski definition) is 2. The molecule has 2 aromatic carbocycles. The van der Waals surface area contributed by atoms with Crippen molar-refractivity contribution < 1.29 is 0 Å². The Bertz CT molecular complexity index is 747. The van der Waals surface area contributed by atoms with E-state index in [0.29, 0.717) is 0 Å². The summed E-state index contributed by atoms with van der Waals surface area (Å²) in [5.74, 6) is 1.12. The Hall–Kier alpha value is -2.00. The fourth-order valence-corrected chi connectivity index (χ4v) is 3.71. The molecular formula is C17H14N2S. The third kappa shape index (κ3) is 1.86. The van der Waals surface area contributed by atoms with Gasteiger partial charge in [0.15, 0.2) is 0 Å². The molecule has 0 aliphatic carbocycles. The number of thioether (sulfide) groups is 1. The molecule has 0 bridgehead atoms. The van der Waals surface area contributed by atoms with Crippen LogP contribution in [0.2, 0.25) is 0 Å². The molecule has 2 heterocycles. The zero-order chi connectivity index (χ0) is 13.4. The van der Waals surface area contributed by atoms with Gasteiger partial charge in [-0.25, -0.2) is 4.68 Å². The van der Waals surface area contributed by atoms with Crippen LogP contribution in [0.3, 0.4) is 0 Å². The molecule has 3 aromatic rings. The molecule has 0 N–H and O–H groups in total. The molecule has 0 spiro atoms. The molecular weight excluding hydrogens is 264 g/mol. The third-order valence-corrected chi connectivity index (χ3v) is 4.69. The first-order valence-electron chi connectivity index (χ1n) is 6.78. The van der Waals surface area contributed by atoms with Crippen LogP contribution in [0.5, 0.6) is 0 Å². The van der Waals surface area contributed by atoms with Gasteiger partial charge in [0, 0.05) is 16.2 Å². The Kier molecular flexibility index (Phi) is 2.85. The van der Waals surface area contributed by atoms with E-state index in [1.807, 2.05) is 24.0 Å². The van der Waals surface area contributed by atoms with Crippen LogP contribution in [0, 0.1) is 0 Å². The minimum atomic E-state index is 1.07. The van der Waals surface area contributed by atoms with Crippen molar-refractivity contribution in [2.45, 2.75) is 11.3 Å². The number of nitrogens with zero attached hydrogens (tertiary/aromatic N) is 2. The van der Waals surface area contributed by atoms with Gasteiger partial charge in [0.2, 0.25) is 0 Å². The van der Waals surface area contributed by atoms with Gasteiger partial charge >= 0.3 is 0 Å². The van der Waals surface area contributed by atoms with Gasteiger partial charge in [0.25, 0.3) is 0 Å². The predicted octanol–water partition coefficient (Wildman–Crippen LogP) is 4.19. The minimum absolute atomic E-state index is 1.07. The van der Waals surface area contributed by atoms with Gasteiger partial charge in [-0.05, 0) is 30.2 Å². The highest BCUT2D eigenvalue weighted by atomic mass is 32.2. The maximum absolute atomic E-state index is 4.62. The fourth-order valence-electron chi connectivity index (χ4n) is 2.68. The number of aromatic nitrogens is 2. The van der Waals surface area contributed by atoms with Gasteiger partial charge in [-0.2, -0.15) is 5.10 Å². The predicted molar refractivity (Wildman–Crippen MR) is 83.4 cm³/mol. The molecule has 1 aliphatic rings. The lowest BCUT2D eigenvalue weighted by atomic mass is 10.1. The highest BCUT2D eigenvalue weighted by molar-refractivity contribution is 7.99. The van der Waals surface area contributed by atoms with Crippen molar-refractivity contribution in [1.82, 2.24) is 9.78 Å². The first-order chi connectivity index (χ1) is 9.93. The van der Waals surface area contributed by atoms with Crippen LogP contribution < -0.4 is 0 Å². The Morgan fingerprint density at radius 1 is 0.950 bits per heavy atom. The topological polar surface area (TPSA) is 17.8 Å². The molecule has 1 aliphatic heterocycles. The van der Waals surface area contributed by atoms with Crippen molar-refractivity contribution in [2.24, 2.45) is 0 Å². The quantitative estimate of drug-likeness (QED) is 0.664. The van der Waals surface area contributed by atoms with E-state index in [9.17, 15) is 0 Å². The molecule has 0 fully saturated rings. The molecule has 0 amide bonds. The SMILES string of the molecule is c1ccc(-n2ncc3c2-c2ccccc2SCC3)cc1. The van der Waals surface area contributed by atoms with Crippen molar-refractivity contribution in [3.8, 4) is 16.9 Å². The highest BCUT2D eigenvalue weighted by Gasteiger charge is 2.19. The van der Waals surface area contributed by atoms with E-state index < -0.39 is 0 Å². The number of aryl methyl sites for hydroxylation is 1. The molecule has 3 heteroatoms. The lowest BCUT2D eigenvalue weighted by Crippen LogP contribution is -1.99. The van der Waals surface area contributed by atoms with Crippen LogP contribution in [0.25, 0.3) is 16.9 Å². The zero-order valence-electron chi connectivity index (χ0n) is 11.0. The maximum atomic E-state index is 4.62. The van der Waals surface area contributed by atoms with Crippen molar-refractivity contribution in [3.05, 3.63) is 66.4 Å². The molecule has 0 unspecified atom stereocenters. The van der Waals surface area contributed by atoms with E-state index in [0.717, 1.165) is 17.9 Å². The standard InChI is InChI=1S/C17H14N2S/c1-2-6-14(7-3-1)19-17-13(12-18-19)10-11-20-16-9-5-4-8-15(16)17/h1-9,12H,10-11H2. The van der Waals surface area contributed by atoms with E-state index in [-0.39, 0.29) is 0 Å². The average Bonchev–Trinajstić information content (AvgIpc) is 2.84. The summed E-state index contributed by atoms with van der Waals surface area (Å²) in [7, 11) is 0. The zero-order valence-corrected chi connectivity index (χ0v) is 11.8. The molecule has 4 rings (SSSR count). The van der Waals surface area contributed by atoms with E-state index in [1.54, 1.807) is 0 Å². The Morgan fingerprint density at radius 2 is 1.75 bits per heavy atom. The molecule has 98 valence electrons. The second kappa shape index (κ2) is 4.84. The molecule has 0 saturated carbocycles. The van der Waals surface area contributed by atoms with Gasteiger partial charge in [0.05, 0.1) is 17.6 Å². The van der Waals surface area contributed by atoms with Crippen molar-refractivity contribution in [2.75, 3.05) is 5.75 Å². The van der Waals surface area contributed by atoms with Gasteiger partial charge in [0.1, 0.15) is 0 Å². The number of rotatable bonds is 1. The Labute approximate surface area is 122 Å². The van der Waals surface area contributed by atoms with E-state index in [1.165, 1.54) is 21.7 Å². The van der Waals surface area contributed by atoms with E-state index in [2.05, 4.69) is 58.3 Å². The summed E-state index contributed by atoms with van der Waals surface area (Å²) < 4.78 is 2.07. The molecule has 20 heavy (non-hydrogen) atoms. The number of fused-ring (bicyclic) bond motifs is 3. The van der Waals surface area contributed by atoms with Crippen molar-refractivity contribution >= 4 is 11.8 Å². The van der Waals surface area contributed by atoms with Crippen LogP contribution in [0.4, 0.5) is 0 Å². The van der Waals surface area contributed by atoms with Crippen molar-refractivity contribution in [1.29, 1.82) is 0 Å². The maximum Gasteiger partial charge on any atom is 0.0784 e. The summed E-state index contributed by atoms with van der Waals surface area (Å²) in [6.45, 7) is 0. The molecule has 2 nitrogen and oxygen atoms in total. The smallest absolute Gasteiger partial charge is 0.0784 e. The number of benzene rings is 2. The summed E-state index contributed by atoms with van der Waals surface area (Å²) >= 11 is 1.93. The summed E-state index contributed by atoms with van der Waals surface area (Å²) in [6, 6.07) is 19.0. The van der Waals surface area contributed by atoms with Crippen LogP contribution in [0.15, 0.2) is 65.7 Å².